The molecule has 1 atom stereocenters. The molecule has 2 amide bonds. The quantitative estimate of drug-likeness (QED) is 0.757. The zero-order valence-corrected chi connectivity index (χ0v) is 17.6. The van der Waals surface area contributed by atoms with Crippen LogP contribution in [0.5, 0.6) is 0 Å². The van der Waals surface area contributed by atoms with Gasteiger partial charge in [-0.3, -0.25) is 14.5 Å². The molecule has 0 radical (unpaired) electrons. The van der Waals surface area contributed by atoms with Crippen molar-refractivity contribution in [3.05, 3.63) is 42.3 Å². The molecule has 1 aromatic heterocycles. The lowest BCUT2D eigenvalue weighted by Gasteiger charge is -2.39. The van der Waals surface area contributed by atoms with Crippen LogP contribution in [0.1, 0.15) is 31.9 Å². The second kappa shape index (κ2) is 9.43. The number of carbonyl (C=O) groups is 2. The van der Waals surface area contributed by atoms with Gasteiger partial charge in [0.15, 0.2) is 0 Å². The molecule has 0 N–H and O–H groups in total. The third-order valence-electron chi connectivity index (χ3n) is 6.14. The molecule has 0 aliphatic carbocycles. The van der Waals surface area contributed by atoms with Crippen molar-refractivity contribution in [2.75, 3.05) is 39.3 Å². The van der Waals surface area contributed by atoms with Crippen LogP contribution in [-0.2, 0) is 16.0 Å². The van der Waals surface area contributed by atoms with Crippen LogP contribution < -0.4 is 0 Å². The molecule has 0 bridgehead atoms. The van der Waals surface area contributed by atoms with Gasteiger partial charge in [-0.25, -0.2) is 4.98 Å². The van der Waals surface area contributed by atoms with E-state index in [-0.39, 0.29) is 24.3 Å². The monoisotopic (exact) mass is 410 g/mol. The van der Waals surface area contributed by atoms with Gasteiger partial charge in [0.1, 0.15) is 6.26 Å². The van der Waals surface area contributed by atoms with Gasteiger partial charge in [0.05, 0.1) is 18.2 Å². The van der Waals surface area contributed by atoms with Crippen molar-refractivity contribution in [1.29, 1.82) is 0 Å². The number of hydrogen-bond donors (Lipinski definition) is 0. The summed E-state index contributed by atoms with van der Waals surface area (Å²) >= 11 is 0. The number of benzene rings is 1. The standard InChI is InChI=1S/C23H30N4O3/c1-18(23(29)27-10-6-3-7-11-27)25-12-14-26(15-13-25)21(28)16-20-17-30-22(24-20)19-8-4-2-5-9-19/h2,4-5,8-9,17-18H,3,6-7,10-16H2,1H3. The highest BCUT2D eigenvalue weighted by molar-refractivity contribution is 5.82. The van der Waals surface area contributed by atoms with Crippen molar-refractivity contribution in [3.8, 4) is 11.5 Å². The van der Waals surface area contributed by atoms with Gasteiger partial charge in [-0.1, -0.05) is 18.2 Å². The van der Waals surface area contributed by atoms with Crippen molar-refractivity contribution < 1.29 is 14.0 Å². The van der Waals surface area contributed by atoms with Crippen LogP contribution >= 0.6 is 0 Å². The largest absolute Gasteiger partial charge is 0.444 e. The average molecular weight is 411 g/mol. The predicted molar refractivity (Wildman–Crippen MR) is 114 cm³/mol. The van der Waals surface area contributed by atoms with Gasteiger partial charge in [0.2, 0.25) is 17.7 Å². The fourth-order valence-corrected chi connectivity index (χ4v) is 4.26. The molecular formula is C23H30N4O3. The van der Waals surface area contributed by atoms with Gasteiger partial charge >= 0.3 is 0 Å². The Morgan fingerprint density at radius 3 is 2.37 bits per heavy atom. The molecule has 2 fully saturated rings. The molecule has 7 heteroatoms. The van der Waals surface area contributed by atoms with Crippen LogP contribution in [0, 0.1) is 0 Å². The van der Waals surface area contributed by atoms with Crippen LogP contribution in [0.3, 0.4) is 0 Å². The summed E-state index contributed by atoms with van der Waals surface area (Å²) in [6.07, 6.45) is 5.23. The molecule has 2 aliphatic rings. The number of aromatic nitrogens is 1. The highest BCUT2D eigenvalue weighted by atomic mass is 16.3. The highest BCUT2D eigenvalue weighted by Gasteiger charge is 2.30. The number of piperazine rings is 1. The predicted octanol–water partition coefficient (Wildman–Crippen LogP) is 2.43. The summed E-state index contributed by atoms with van der Waals surface area (Å²) < 4.78 is 5.54. The molecule has 2 aromatic rings. The van der Waals surface area contributed by atoms with Crippen LogP contribution in [0.2, 0.25) is 0 Å². The zero-order chi connectivity index (χ0) is 20.9. The SMILES string of the molecule is CC(C(=O)N1CCCCC1)N1CCN(C(=O)Cc2coc(-c3ccccc3)n2)CC1. The summed E-state index contributed by atoms with van der Waals surface area (Å²) in [5.74, 6) is 0.816. The van der Waals surface area contributed by atoms with Gasteiger partial charge in [0.25, 0.3) is 0 Å². The summed E-state index contributed by atoms with van der Waals surface area (Å²) in [5.41, 5.74) is 1.55. The lowest BCUT2D eigenvalue weighted by atomic mass is 10.1. The van der Waals surface area contributed by atoms with Gasteiger partial charge in [-0.2, -0.15) is 0 Å². The lowest BCUT2D eigenvalue weighted by molar-refractivity contribution is -0.139. The van der Waals surface area contributed by atoms with Crippen molar-refractivity contribution >= 4 is 11.8 Å². The Morgan fingerprint density at radius 2 is 1.67 bits per heavy atom. The molecule has 160 valence electrons. The first kappa shape index (κ1) is 20.6. The first-order valence-corrected chi connectivity index (χ1v) is 10.9. The van der Waals surface area contributed by atoms with Crippen LogP contribution in [0.4, 0.5) is 0 Å². The summed E-state index contributed by atoms with van der Waals surface area (Å²) in [7, 11) is 0. The van der Waals surface area contributed by atoms with Gasteiger partial charge in [-0.05, 0) is 38.3 Å². The Hall–Kier alpha value is -2.67. The van der Waals surface area contributed by atoms with Crippen molar-refractivity contribution in [1.82, 2.24) is 19.7 Å². The van der Waals surface area contributed by atoms with Crippen LogP contribution in [0.25, 0.3) is 11.5 Å². The molecule has 2 saturated heterocycles. The molecule has 4 rings (SSSR count). The van der Waals surface area contributed by atoms with E-state index in [1.165, 1.54) is 6.42 Å². The maximum Gasteiger partial charge on any atom is 0.239 e. The Kier molecular flexibility index (Phi) is 6.47. The Bertz CT molecular complexity index is 852. The van der Waals surface area contributed by atoms with E-state index in [1.54, 1.807) is 6.26 Å². The topological polar surface area (TPSA) is 69.9 Å². The van der Waals surface area contributed by atoms with E-state index < -0.39 is 0 Å². The fourth-order valence-electron chi connectivity index (χ4n) is 4.26. The molecule has 7 nitrogen and oxygen atoms in total. The molecule has 2 aliphatic heterocycles. The summed E-state index contributed by atoms with van der Waals surface area (Å²) in [6, 6.07) is 9.55. The Labute approximate surface area is 177 Å². The smallest absolute Gasteiger partial charge is 0.239 e. The Balaban J connectivity index is 1.27. The van der Waals surface area contributed by atoms with Gasteiger partial charge < -0.3 is 14.2 Å². The maximum atomic E-state index is 12.8. The van der Waals surface area contributed by atoms with E-state index in [4.69, 9.17) is 4.42 Å². The fraction of sp³-hybridized carbons (Fsp3) is 0.522. The summed E-state index contributed by atoms with van der Waals surface area (Å²) in [5, 5.41) is 0. The first-order valence-electron chi connectivity index (χ1n) is 10.9. The maximum absolute atomic E-state index is 12.8. The third kappa shape index (κ3) is 4.73. The Morgan fingerprint density at radius 1 is 0.967 bits per heavy atom. The minimum absolute atomic E-state index is 0.0533. The molecule has 3 heterocycles. The van der Waals surface area contributed by atoms with Crippen molar-refractivity contribution in [3.63, 3.8) is 0 Å². The highest BCUT2D eigenvalue weighted by Crippen LogP contribution is 2.19. The first-order chi connectivity index (χ1) is 14.6. The molecule has 1 unspecified atom stereocenters. The van der Waals surface area contributed by atoms with Crippen LogP contribution in [0.15, 0.2) is 41.0 Å². The minimum atomic E-state index is -0.121. The second-order valence-electron chi connectivity index (χ2n) is 8.17. The van der Waals surface area contributed by atoms with Crippen LogP contribution in [-0.4, -0.2) is 76.8 Å². The number of carbonyl (C=O) groups excluding carboxylic acids is 2. The number of amides is 2. The van der Waals surface area contributed by atoms with E-state index in [0.29, 0.717) is 24.7 Å². The van der Waals surface area contributed by atoms with Gasteiger partial charge in [0, 0.05) is 44.8 Å². The van der Waals surface area contributed by atoms with E-state index >= 15 is 0 Å². The van der Waals surface area contributed by atoms with E-state index in [2.05, 4.69) is 9.88 Å². The number of oxazole rings is 1. The van der Waals surface area contributed by atoms with Crippen molar-refractivity contribution in [2.45, 2.75) is 38.6 Å². The number of likely N-dealkylation sites (tertiary alicyclic amines) is 1. The number of hydrogen-bond acceptors (Lipinski definition) is 5. The normalized spacial score (nSPS) is 19.0. The zero-order valence-electron chi connectivity index (χ0n) is 17.6. The van der Waals surface area contributed by atoms with E-state index in [0.717, 1.165) is 44.6 Å². The summed E-state index contributed by atoms with van der Waals surface area (Å²) in [4.78, 5) is 36.0. The number of nitrogens with zero attached hydrogens (tertiary/aromatic N) is 4. The number of rotatable bonds is 5. The molecular weight excluding hydrogens is 380 g/mol. The summed E-state index contributed by atoms with van der Waals surface area (Å²) in [6.45, 7) is 6.48. The minimum Gasteiger partial charge on any atom is -0.444 e. The van der Waals surface area contributed by atoms with E-state index in [1.807, 2.05) is 47.1 Å². The van der Waals surface area contributed by atoms with E-state index in [9.17, 15) is 9.59 Å². The molecule has 0 spiro atoms. The third-order valence-corrected chi connectivity index (χ3v) is 6.14. The average Bonchev–Trinajstić information content (AvgIpc) is 3.28. The van der Waals surface area contributed by atoms with Crippen molar-refractivity contribution in [2.24, 2.45) is 0 Å². The second-order valence-corrected chi connectivity index (χ2v) is 8.17. The molecule has 1 aromatic carbocycles. The van der Waals surface area contributed by atoms with Gasteiger partial charge in [-0.15, -0.1) is 0 Å². The number of piperidine rings is 1. The molecule has 0 saturated carbocycles. The lowest BCUT2D eigenvalue weighted by Crippen LogP contribution is -2.56. The molecule has 30 heavy (non-hydrogen) atoms.